The Labute approximate surface area is 97.1 Å². The first-order valence-electron chi connectivity index (χ1n) is 6.61. The van der Waals surface area contributed by atoms with Gasteiger partial charge in [0.05, 0.1) is 6.10 Å². The summed E-state index contributed by atoms with van der Waals surface area (Å²) >= 11 is 0. The van der Waals surface area contributed by atoms with E-state index >= 15 is 0 Å². The average molecular weight is 223 g/mol. The van der Waals surface area contributed by atoms with E-state index in [2.05, 4.69) is 4.90 Å². The van der Waals surface area contributed by atoms with Crippen molar-refractivity contribution in [3.05, 3.63) is 0 Å². The van der Waals surface area contributed by atoms with Gasteiger partial charge in [0, 0.05) is 31.5 Å². The Bertz CT molecular complexity index is 304. The summed E-state index contributed by atoms with van der Waals surface area (Å²) in [5.74, 6) is 0.993. The van der Waals surface area contributed by atoms with E-state index in [0.29, 0.717) is 17.9 Å². The maximum absolute atomic E-state index is 11.9. The summed E-state index contributed by atoms with van der Waals surface area (Å²) in [5.41, 5.74) is 0.189. The van der Waals surface area contributed by atoms with Crippen LogP contribution in [0.1, 0.15) is 44.9 Å². The molecule has 0 aromatic carbocycles. The molecule has 3 rings (SSSR count). The first-order valence-corrected chi connectivity index (χ1v) is 6.61. The van der Waals surface area contributed by atoms with Gasteiger partial charge in [0.2, 0.25) is 5.91 Å². The molecule has 1 aliphatic carbocycles. The number of hydrogen-bond donors (Lipinski definition) is 0. The molecule has 0 radical (unpaired) electrons. The van der Waals surface area contributed by atoms with Crippen LogP contribution in [0.4, 0.5) is 0 Å². The summed E-state index contributed by atoms with van der Waals surface area (Å²) in [6.45, 7) is 0.924. The lowest BCUT2D eigenvalue weighted by Gasteiger charge is -2.53. The third-order valence-corrected chi connectivity index (χ3v) is 5.06. The molecule has 2 saturated heterocycles. The Kier molecular flexibility index (Phi) is 2.46. The van der Waals surface area contributed by atoms with E-state index < -0.39 is 0 Å². The largest absolute Gasteiger partial charge is 0.381 e. The fourth-order valence-corrected chi connectivity index (χ4v) is 4.36. The van der Waals surface area contributed by atoms with E-state index in [-0.39, 0.29) is 5.54 Å². The molecule has 3 nitrogen and oxygen atoms in total. The van der Waals surface area contributed by atoms with Crippen molar-refractivity contribution in [3.8, 4) is 0 Å². The molecular formula is C13H21NO2. The van der Waals surface area contributed by atoms with Crippen molar-refractivity contribution < 1.29 is 9.53 Å². The van der Waals surface area contributed by atoms with Gasteiger partial charge in [0.15, 0.2) is 0 Å². The smallest absolute Gasteiger partial charge is 0.223 e. The highest BCUT2D eigenvalue weighted by atomic mass is 16.5. The number of methoxy groups -OCH3 is 1. The number of hydrogen-bond acceptors (Lipinski definition) is 2. The van der Waals surface area contributed by atoms with Gasteiger partial charge in [-0.15, -0.1) is 0 Å². The molecule has 1 saturated carbocycles. The zero-order valence-corrected chi connectivity index (χ0v) is 10.1. The van der Waals surface area contributed by atoms with E-state index in [1.807, 2.05) is 7.11 Å². The fraction of sp³-hybridized carbons (Fsp3) is 0.923. The maximum Gasteiger partial charge on any atom is 0.223 e. The number of carbonyl (C=O) groups is 1. The average Bonchev–Trinajstić information content (AvgIpc) is 2.65. The van der Waals surface area contributed by atoms with Gasteiger partial charge in [-0.1, -0.05) is 12.8 Å². The molecule has 1 amide bonds. The number of piperidine rings is 1. The first-order chi connectivity index (χ1) is 7.78. The second-order valence-electron chi connectivity index (χ2n) is 5.56. The van der Waals surface area contributed by atoms with Crippen LogP contribution >= 0.6 is 0 Å². The van der Waals surface area contributed by atoms with Crippen LogP contribution in [-0.2, 0) is 9.53 Å². The molecule has 2 heterocycles. The van der Waals surface area contributed by atoms with Crippen LogP contribution in [-0.4, -0.2) is 36.1 Å². The van der Waals surface area contributed by atoms with Crippen LogP contribution in [0, 0.1) is 5.92 Å². The normalized spacial score (nSPS) is 43.1. The van der Waals surface area contributed by atoms with Gasteiger partial charge >= 0.3 is 0 Å². The van der Waals surface area contributed by atoms with Crippen molar-refractivity contribution in [1.29, 1.82) is 0 Å². The molecule has 0 N–H and O–H groups in total. The van der Waals surface area contributed by atoms with E-state index in [1.165, 1.54) is 25.7 Å². The van der Waals surface area contributed by atoms with Crippen molar-refractivity contribution >= 4 is 5.91 Å². The number of nitrogens with zero attached hydrogens (tertiary/aromatic N) is 1. The number of ether oxygens (including phenoxy) is 1. The van der Waals surface area contributed by atoms with E-state index in [9.17, 15) is 4.79 Å². The Morgan fingerprint density at radius 3 is 3.00 bits per heavy atom. The number of amides is 1. The Morgan fingerprint density at radius 1 is 1.31 bits per heavy atom. The maximum atomic E-state index is 11.9. The third kappa shape index (κ3) is 1.27. The van der Waals surface area contributed by atoms with Gasteiger partial charge in [-0.2, -0.15) is 0 Å². The molecule has 0 unspecified atom stereocenters. The van der Waals surface area contributed by atoms with Gasteiger partial charge in [0.1, 0.15) is 0 Å². The quantitative estimate of drug-likeness (QED) is 0.680. The van der Waals surface area contributed by atoms with E-state index in [1.54, 1.807) is 0 Å². The van der Waals surface area contributed by atoms with Crippen LogP contribution in [0.25, 0.3) is 0 Å². The predicted octanol–water partition coefficient (Wildman–Crippen LogP) is 1.96. The summed E-state index contributed by atoms with van der Waals surface area (Å²) < 4.78 is 5.66. The Balaban J connectivity index is 1.94. The molecule has 2 aliphatic heterocycles. The van der Waals surface area contributed by atoms with Crippen molar-refractivity contribution in [2.75, 3.05) is 13.7 Å². The summed E-state index contributed by atoms with van der Waals surface area (Å²) in [7, 11) is 1.83. The molecule has 0 aromatic heterocycles. The van der Waals surface area contributed by atoms with E-state index in [0.717, 1.165) is 25.8 Å². The van der Waals surface area contributed by atoms with Crippen molar-refractivity contribution in [1.82, 2.24) is 4.90 Å². The molecule has 3 aliphatic rings. The predicted molar refractivity (Wildman–Crippen MR) is 61.1 cm³/mol. The molecule has 3 heteroatoms. The lowest BCUT2D eigenvalue weighted by atomic mass is 9.66. The van der Waals surface area contributed by atoms with Crippen LogP contribution in [0.3, 0.4) is 0 Å². The van der Waals surface area contributed by atoms with E-state index in [4.69, 9.17) is 4.74 Å². The summed E-state index contributed by atoms with van der Waals surface area (Å²) in [6, 6.07) is 0. The highest BCUT2D eigenvalue weighted by molar-refractivity contribution is 5.80. The van der Waals surface area contributed by atoms with Crippen LogP contribution in [0.15, 0.2) is 0 Å². The number of carbonyl (C=O) groups excluding carboxylic acids is 1. The number of rotatable bonds is 1. The highest BCUT2D eigenvalue weighted by Crippen LogP contribution is 2.50. The molecule has 3 atom stereocenters. The minimum Gasteiger partial charge on any atom is -0.381 e. The zero-order valence-electron chi connectivity index (χ0n) is 10.1. The van der Waals surface area contributed by atoms with Crippen LogP contribution in [0.5, 0.6) is 0 Å². The summed E-state index contributed by atoms with van der Waals surface area (Å²) in [5, 5.41) is 0. The topological polar surface area (TPSA) is 29.5 Å². The summed E-state index contributed by atoms with van der Waals surface area (Å²) in [6.07, 6.45) is 8.34. The summed E-state index contributed by atoms with van der Waals surface area (Å²) in [4.78, 5) is 14.1. The standard InChI is InChI=1S/C13H21NO2/c1-16-11-6-9-14-12(15)5-8-13(14)7-3-2-4-10(11)13/h10-11H,2-9H2,1H3/t10-,11+,13-/m1/s1. The second kappa shape index (κ2) is 3.73. The molecule has 16 heavy (non-hydrogen) atoms. The van der Waals surface area contributed by atoms with Gasteiger partial charge in [-0.25, -0.2) is 0 Å². The first kappa shape index (κ1) is 10.6. The van der Waals surface area contributed by atoms with Gasteiger partial charge in [0.25, 0.3) is 0 Å². The van der Waals surface area contributed by atoms with Crippen molar-refractivity contribution in [2.45, 2.75) is 56.6 Å². The van der Waals surface area contributed by atoms with Crippen LogP contribution in [0.2, 0.25) is 0 Å². The van der Waals surface area contributed by atoms with Gasteiger partial charge < -0.3 is 9.64 Å². The lowest BCUT2D eigenvalue weighted by molar-refractivity contribution is -0.145. The highest BCUT2D eigenvalue weighted by Gasteiger charge is 2.55. The molecule has 0 bridgehead atoms. The third-order valence-electron chi connectivity index (χ3n) is 5.06. The van der Waals surface area contributed by atoms with Gasteiger partial charge in [-0.05, 0) is 25.7 Å². The lowest BCUT2D eigenvalue weighted by Crippen LogP contribution is -2.60. The SMILES string of the molecule is CO[C@H]1CCN2C(=O)CC[C@@]23CCCC[C@H]13. The minimum absolute atomic E-state index is 0.189. The van der Waals surface area contributed by atoms with Crippen molar-refractivity contribution in [3.63, 3.8) is 0 Å². The monoisotopic (exact) mass is 223 g/mol. The van der Waals surface area contributed by atoms with Crippen LogP contribution < -0.4 is 0 Å². The molecular weight excluding hydrogens is 202 g/mol. The fourth-order valence-electron chi connectivity index (χ4n) is 4.36. The van der Waals surface area contributed by atoms with Gasteiger partial charge in [-0.3, -0.25) is 4.79 Å². The molecule has 3 fully saturated rings. The molecule has 90 valence electrons. The zero-order chi connectivity index (χ0) is 11.2. The van der Waals surface area contributed by atoms with Crippen molar-refractivity contribution in [2.24, 2.45) is 5.92 Å². The molecule has 1 spiro atoms. The Morgan fingerprint density at radius 2 is 2.19 bits per heavy atom. The minimum atomic E-state index is 0.189. The second-order valence-corrected chi connectivity index (χ2v) is 5.56. The molecule has 0 aromatic rings. The Hall–Kier alpha value is -0.570.